The average molecular weight is 277 g/mol. The van der Waals surface area contributed by atoms with E-state index >= 15 is 0 Å². The molecule has 0 spiro atoms. The van der Waals surface area contributed by atoms with Gasteiger partial charge in [0.1, 0.15) is 0 Å². The monoisotopic (exact) mass is 277 g/mol. The molecular weight excluding hydrogens is 259 g/mol. The van der Waals surface area contributed by atoms with Crippen LogP contribution in [0.25, 0.3) is 0 Å². The van der Waals surface area contributed by atoms with Gasteiger partial charge < -0.3 is 5.32 Å². The highest BCUT2D eigenvalue weighted by atomic mass is 32.2. The van der Waals surface area contributed by atoms with E-state index in [1.54, 1.807) is 0 Å². The Labute approximate surface area is 110 Å². The van der Waals surface area contributed by atoms with E-state index in [0.717, 1.165) is 4.90 Å². The molecule has 0 aliphatic carbocycles. The summed E-state index contributed by atoms with van der Waals surface area (Å²) in [4.78, 5) is 1.02. The van der Waals surface area contributed by atoms with E-state index in [2.05, 4.69) is 12.2 Å². The van der Waals surface area contributed by atoms with Crippen LogP contribution in [-0.4, -0.2) is 19.0 Å². The van der Waals surface area contributed by atoms with Crippen molar-refractivity contribution < 1.29 is 13.2 Å². The fourth-order valence-electron chi connectivity index (χ4n) is 1.48. The molecule has 1 aromatic rings. The molecule has 0 saturated heterocycles. The second-order valence-electron chi connectivity index (χ2n) is 4.15. The van der Waals surface area contributed by atoms with Gasteiger partial charge in [-0.1, -0.05) is 12.1 Å². The summed E-state index contributed by atoms with van der Waals surface area (Å²) in [5.41, 5.74) is 1.18. The van der Waals surface area contributed by atoms with Gasteiger partial charge in [-0.25, -0.2) is 0 Å². The van der Waals surface area contributed by atoms with E-state index in [9.17, 15) is 13.2 Å². The Balaban J connectivity index is 2.35. The summed E-state index contributed by atoms with van der Waals surface area (Å²) >= 11 is 1.47. The number of benzene rings is 1. The van der Waals surface area contributed by atoms with Crippen molar-refractivity contribution in [3.63, 3.8) is 0 Å². The van der Waals surface area contributed by atoms with Gasteiger partial charge in [-0.05, 0) is 43.8 Å². The Morgan fingerprint density at radius 2 is 1.83 bits per heavy atom. The van der Waals surface area contributed by atoms with E-state index in [0.29, 0.717) is 5.75 Å². The molecule has 18 heavy (non-hydrogen) atoms. The first kappa shape index (κ1) is 15.4. The summed E-state index contributed by atoms with van der Waals surface area (Å²) in [6, 6.07) is 8.22. The number of alkyl halides is 3. The van der Waals surface area contributed by atoms with Crippen LogP contribution in [0.4, 0.5) is 13.2 Å². The molecule has 1 N–H and O–H groups in total. The zero-order valence-electron chi connectivity index (χ0n) is 10.6. The van der Waals surface area contributed by atoms with Crippen LogP contribution in [0.3, 0.4) is 0 Å². The van der Waals surface area contributed by atoms with Crippen molar-refractivity contribution in [2.75, 3.05) is 12.8 Å². The molecule has 1 atom stereocenters. The number of hydrogen-bond donors (Lipinski definition) is 1. The van der Waals surface area contributed by atoms with Crippen LogP contribution in [0, 0.1) is 0 Å². The smallest absolute Gasteiger partial charge is 0.313 e. The molecule has 0 heterocycles. The third-order valence-corrected chi connectivity index (χ3v) is 3.78. The largest absolute Gasteiger partial charge is 0.389 e. The van der Waals surface area contributed by atoms with Crippen molar-refractivity contribution in [1.82, 2.24) is 5.32 Å². The molecule has 1 nitrogen and oxygen atoms in total. The quantitative estimate of drug-likeness (QED) is 0.611. The molecule has 0 aromatic heterocycles. The van der Waals surface area contributed by atoms with E-state index in [1.165, 1.54) is 17.3 Å². The lowest BCUT2D eigenvalue weighted by Crippen LogP contribution is -2.11. The second-order valence-corrected chi connectivity index (χ2v) is 5.31. The molecule has 0 aliphatic rings. The maximum atomic E-state index is 11.9. The molecule has 0 saturated carbocycles. The first-order valence-electron chi connectivity index (χ1n) is 5.89. The number of hydrogen-bond acceptors (Lipinski definition) is 2. The van der Waals surface area contributed by atoms with Gasteiger partial charge in [0, 0.05) is 17.4 Å². The van der Waals surface area contributed by atoms with E-state index < -0.39 is 12.6 Å². The third-order valence-electron chi connectivity index (χ3n) is 2.69. The maximum Gasteiger partial charge on any atom is 0.389 e. The van der Waals surface area contributed by atoms with Gasteiger partial charge in [-0.2, -0.15) is 13.2 Å². The molecule has 1 rings (SSSR count). The number of rotatable bonds is 6. The van der Waals surface area contributed by atoms with Crippen molar-refractivity contribution in [2.24, 2.45) is 0 Å². The minimum absolute atomic E-state index is 0.169. The minimum atomic E-state index is -4.04. The molecule has 0 fully saturated rings. The summed E-state index contributed by atoms with van der Waals surface area (Å²) < 4.78 is 35.8. The number of thioether (sulfide) groups is 1. The molecule has 0 bridgehead atoms. The molecule has 0 aliphatic heterocycles. The van der Waals surface area contributed by atoms with E-state index in [-0.39, 0.29) is 12.5 Å². The summed E-state index contributed by atoms with van der Waals surface area (Å²) in [5.74, 6) is 0.500. The van der Waals surface area contributed by atoms with Crippen molar-refractivity contribution in [2.45, 2.75) is 36.9 Å². The van der Waals surface area contributed by atoms with E-state index in [4.69, 9.17) is 0 Å². The Bertz CT molecular complexity index is 348. The average Bonchev–Trinajstić information content (AvgIpc) is 2.33. The van der Waals surface area contributed by atoms with Crippen molar-refractivity contribution in [1.29, 1.82) is 0 Å². The third kappa shape index (κ3) is 5.78. The van der Waals surface area contributed by atoms with Crippen LogP contribution in [0.15, 0.2) is 29.2 Å². The Kier molecular flexibility index (Phi) is 6.02. The topological polar surface area (TPSA) is 12.0 Å². The van der Waals surface area contributed by atoms with Crippen LogP contribution >= 0.6 is 11.8 Å². The standard InChI is InChI=1S/C13H18F3NS/c1-10(17-2)11-4-6-12(7-5-11)18-9-3-8-13(14,15)16/h4-7,10,17H,3,8-9H2,1-2H3. The molecule has 0 radical (unpaired) electrons. The molecule has 1 unspecified atom stereocenters. The van der Waals surface area contributed by atoms with Gasteiger partial charge in [0.15, 0.2) is 0 Å². The van der Waals surface area contributed by atoms with Gasteiger partial charge in [-0.15, -0.1) is 11.8 Å². The van der Waals surface area contributed by atoms with Crippen LogP contribution in [0.5, 0.6) is 0 Å². The fraction of sp³-hybridized carbons (Fsp3) is 0.538. The second kappa shape index (κ2) is 7.04. The summed E-state index contributed by atoms with van der Waals surface area (Å²) in [5, 5.41) is 3.14. The summed E-state index contributed by atoms with van der Waals surface area (Å²) in [6.45, 7) is 2.06. The lowest BCUT2D eigenvalue weighted by molar-refractivity contribution is -0.134. The predicted molar refractivity (Wildman–Crippen MR) is 69.9 cm³/mol. The molecule has 0 amide bonds. The van der Waals surface area contributed by atoms with Crippen LogP contribution in [0.2, 0.25) is 0 Å². The zero-order chi connectivity index (χ0) is 13.6. The van der Waals surface area contributed by atoms with Crippen LogP contribution in [0.1, 0.15) is 31.4 Å². The number of nitrogens with one attached hydrogen (secondary N) is 1. The highest BCUT2D eigenvalue weighted by molar-refractivity contribution is 7.99. The fourth-order valence-corrected chi connectivity index (χ4v) is 2.33. The van der Waals surface area contributed by atoms with Crippen molar-refractivity contribution >= 4 is 11.8 Å². The minimum Gasteiger partial charge on any atom is -0.313 e. The Morgan fingerprint density at radius 1 is 1.22 bits per heavy atom. The SMILES string of the molecule is CNC(C)c1ccc(SCCCC(F)(F)F)cc1. The van der Waals surface area contributed by atoms with Crippen LogP contribution in [-0.2, 0) is 0 Å². The van der Waals surface area contributed by atoms with Gasteiger partial charge in [0.25, 0.3) is 0 Å². The normalized spacial score (nSPS) is 13.6. The predicted octanol–water partition coefficient (Wildman–Crippen LogP) is 4.40. The van der Waals surface area contributed by atoms with E-state index in [1.807, 2.05) is 31.3 Å². The Hall–Kier alpha value is -0.680. The zero-order valence-corrected chi connectivity index (χ0v) is 11.4. The highest BCUT2D eigenvalue weighted by Gasteiger charge is 2.25. The lowest BCUT2D eigenvalue weighted by atomic mass is 10.1. The highest BCUT2D eigenvalue weighted by Crippen LogP contribution is 2.26. The van der Waals surface area contributed by atoms with Gasteiger partial charge in [0.2, 0.25) is 0 Å². The molecular formula is C13H18F3NS. The molecule has 1 aromatic carbocycles. The first-order valence-corrected chi connectivity index (χ1v) is 6.87. The molecule has 102 valence electrons. The van der Waals surface area contributed by atoms with Gasteiger partial charge in [0.05, 0.1) is 0 Å². The summed E-state index contributed by atoms with van der Waals surface area (Å²) in [6.07, 6.45) is -4.57. The van der Waals surface area contributed by atoms with Gasteiger partial charge >= 0.3 is 6.18 Å². The van der Waals surface area contributed by atoms with Gasteiger partial charge in [-0.3, -0.25) is 0 Å². The van der Waals surface area contributed by atoms with Crippen molar-refractivity contribution in [3.05, 3.63) is 29.8 Å². The summed E-state index contributed by atoms with van der Waals surface area (Å²) in [7, 11) is 1.89. The van der Waals surface area contributed by atoms with Crippen molar-refractivity contribution in [3.8, 4) is 0 Å². The lowest BCUT2D eigenvalue weighted by Gasteiger charge is -2.11. The molecule has 5 heteroatoms. The Morgan fingerprint density at radius 3 is 2.33 bits per heavy atom. The van der Waals surface area contributed by atoms with Crippen LogP contribution < -0.4 is 5.32 Å². The first-order chi connectivity index (χ1) is 8.42. The number of halogens is 3. The maximum absolute atomic E-state index is 11.9.